The van der Waals surface area contributed by atoms with Gasteiger partial charge >= 0.3 is 0 Å². The van der Waals surface area contributed by atoms with E-state index < -0.39 is 11.6 Å². The van der Waals surface area contributed by atoms with Gasteiger partial charge in [0, 0.05) is 16.6 Å². The minimum Gasteiger partial charge on any atom is -0.484 e. The summed E-state index contributed by atoms with van der Waals surface area (Å²) in [6.07, 6.45) is 0.450. The topological polar surface area (TPSA) is 58.6 Å². The lowest BCUT2D eigenvalue weighted by atomic mass is 10.1. The van der Waals surface area contributed by atoms with Crippen molar-refractivity contribution in [2.45, 2.75) is 66.1 Å². The number of halogens is 3. The van der Waals surface area contributed by atoms with E-state index >= 15 is 0 Å². The average molecular weight is 558 g/mol. The van der Waals surface area contributed by atoms with Gasteiger partial charge in [0.15, 0.2) is 6.61 Å². The molecule has 2 aromatic carbocycles. The third kappa shape index (κ3) is 7.90. The lowest BCUT2D eigenvalue weighted by Gasteiger charge is -2.33. The van der Waals surface area contributed by atoms with E-state index in [0.29, 0.717) is 22.2 Å². The van der Waals surface area contributed by atoms with Crippen LogP contribution in [-0.4, -0.2) is 34.9 Å². The summed E-state index contributed by atoms with van der Waals surface area (Å²) in [6, 6.07) is 8.27. The molecule has 0 saturated carbocycles. The van der Waals surface area contributed by atoms with Gasteiger partial charge < -0.3 is 15.0 Å². The van der Waals surface area contributed by atoms with Crippen molar-refractivity contribution in [3.05, 3.63) is 61.5 Å². The Morgan fingerprint density at radius 1 is 1.09 bits per heavy atom. The predicted molar refractivity (Wildman–Crippen MR) is 138 cm³/mol. The van der Waals surface area contributed by atoms with Crippen LogP contribution >= 0.6 is 39.1 Å². The molecule has 2 amide bonds. The van der Waals surface area contributed by atoms with E-state index in [-0.39, 0.29) is 25.0 Å². The van der Waals surface area contributed by atoms with Crippen LogP contribution < -0.4 is 10.1 Å². The van der Waals surface area contributed by atoms with Crippen LogP contribution in [0.25, 0.3) is 0 Å². The Morgan fingerprint density at radius 3 is 2.21 bits per heavy atom. The first-order valence-corrected chi connectivity index (χ1v) is 12.3. The number of carbonyl (C=O) groups is 2. The van der Waals surface area contributed by atoms with Crippen LogP contribution in [0.1, 0.15) is 50.8 Å². The number of nitrogens with zero attached hydrogens (tertiary/aromatic N) is 1. The van der Waals surface area contributed by atoms with Crippen molar-refractivity contribution in [2.75, 3.05) is 6.61 Å². The second-order valence-electron chi connectivity index (χ2n) is 9.09. The van der Waals surface area contributed by atoms with Gasteiger partial charge in [-0.15, -0.1) is 0 Å². The van der Waals surface area contributed by atoms with Crippen LogP contribution in [0, 0.1) is 13.8 Å². The number of carbonyl (C=O) groups excluding carboxylic acids is 2. The second kappa shape index (κ2) is 11.6. The molecule has 0 spiro atoms. The molecule has 0 saturated heterocycles. The lowest BCUT2D eigenvalue weighted by molar-refractivity contribution is -0.143. The zero-order valence-electron chi connectivity index (χ0n) is 19.9. The summed E-state index contributed by atoms with van der Waals surface area (Å²) in [7, 11) is 0. The molecule has 2 aromatic rings. The minimum atomic E-state index is -0.664. The smallest absolute Gasteiger partial charge is 0.261 e. The minimum absolute atomic E-state index is 0.193. The fourth-order valence-corrected chi connectivity index (χ4v) is 3.97. The Balaban J connectivity index is 2.30. The lowest BCUT2D eigenvalue weighted by Crippen LogP contribution is -2.54. The van der Waals surface area contributed by atoms with Gasteiger partial charge in [0.2, 0.25) is 5.91 Å². The summed E-state index contributed by atoms with van der Waals surface area (Å²) in [4.78, 5) is 27.9. The molecule has 0 aliphatic heterocycles. The molecule has 33 heavy (non-hydrogen) atoms. The van der Waals surface area contributed by atoms with Crippen molar-refractivity contribution in [3.8, 4) is 5.75 Å². The zero-order valence-corrected chi connectivity index (χ0v) is 23.0. The van der Waals surface area contributed by atoms with Crippen LogP contribution in [0.4, 0.5) is 0 Å². The first-order valence-electron chi connectivity index (χ1n) is 10.8. The third-order valence-electron chi connectivity index (χ3n) is 4.99. The number of ether oxygens (including phenoxy) is 1. The van der Waals surface area contributed by atoms with Crippen LogP contribution in [0.3, 0.4) is 0 Å². The molecule has 0 radical (unpaired) electrons. The highest BCUT2D eigenvalue weighted by Gasteiger charge is 2.31. The van der Waals surface area contributed by atoms with E-state index in [0.717, 1.165) is 21.2 Å². The van der Waals surface area contributed by atoms with Gasteiger partial charge in [-0.1, -0.05) is 52.1 Å². The Kier molecular flexibility index (Phi) is 9.65. The van der Waals surface area contributed by atoms with Gasteiger partial charge in [0.05, 0.1) is 10.0 Å². The van der Waals surface area contributed by atoms with Crippen molar-refractivity contribution in [3.63, 3.8) is 0 Å². The molecule has 1 N–H and O–H groups in total. The van der Waals surface area contributed by atoms with E-state index in [1.54, 1.807) is 23.1 Å². The number of nitrogens with one attached hydrogen (secondary N) is 1. The van der Waals surface area contributed by atoms with Gasteiger partial charge in [-0.05, 0) is 82.0 Å². The van der Waals surface area contributed by atoms with Gasteiger partial charge in [-0.3, -0.25) is 9.59 Å². The third-order valence-corrected chi connectivity index (χ3v) is 6.98. The summed E-state index contributed by atoms with van der Waals surface area (Å²) in [5, 5.41) is 3.81. The Morgan fingerprint density at radius 2 is 1.70 bits per heavy atom. The van der Waals surface area contributed by atoms with E-state index in [9.17, 15) is 9.59 Å². The van der Waals surface area contributed by atoms with E-state index in [4.69, 9.17) is 27.9 Å². The average Bonchev–Trinajstić information content (AvgIpc) is 2.71. The molecule has 5 nitrogen and oxygen atoms in total. The number of rotatable bonds is 8. The first-order chi connectivity index (χ1) is 15.3. The SMILES string of the molecule is CCC(C(=O)NC(C)(C)C)N(Cc1ccc(Cl)c(Cl)c1)C(=O)COc1cc(C)c(Br)c(C)c1. The molecular formula is C25H31BrCl2N2O3. The second-order valence-corrected chi connectivity index (χ2v) is 10.7. The largest absolute Gasteiger partial charge is 0.484 e. The summed E-state index contributed by atoms with van der Waals surface area (Å²) in [6.45, 7) is 11.5. The predicted octanol–water partition coefficient (Wildman–Crippen LogP) is 6.47. The molecule has 0 aliphatic carbocycles. The Labute approximate surface area is 214 Å². The van der Waals surface area contributed by atoms with Gasteiger partial charge in [0.25, 0.3) is 5.91 Å². The van der Waals surface area contributed by atoms with Crippen LogP contribution in [0.15, 0.2) is 34.8 Å². The highest BCUT2D eigenvalue weighted by Crippen LogP contribution is 2.27. The van der Waals surface area contributed by atoms with Gasteiger partial charge in [0.1, 0.15) is 11.8 Å². The van der Waals surface area contributed by atoms with E-state index in [1.165, 1.54) is 0 Å². The number of aryl methyl sites for hydroxylation is 2. The molecule has 1 unspecified atom stereocenters. The maximum Gasteiger partial charge on any atom is 0.261 e. The number of amides is 2. The molecule has 8 heteroatoms. The number of hydrogen-bond acceptors (Lipinski definition) is 3. The maximum absolute atomic E-state index is 13.3. The maximum atomic E-state index is 13.3. The fraction of sp³-hybridized carbons (Fsp3) is 0.440. The summed E-state index contributed by atoms with van der Waals surface area (Å²) >= 11 is 15.8. The standard InChI is InChI=1S/C25H31BrCl2N2O3/c1-7-21(24(32)29-25(4,5)6)30(13-17-8-9-19(27)20(28)12-17)22(31)14-33-18-10-15(2)23(26)16(3)11-18/h8-12,21H,7,13-14H2,1-6H3,(H,29,32). The first kappa shape index (κ1) is 27.5. The van der Waals surface area contributed by atoms with Crippen molar-refractivity contribution in [1.82, 2.24) is 10.2 Å². The fourth-order valence-electron chi connectivity index (χ4n) is 3.42. The molecule has 0 heterocycles. The summed E-state index contributed by atoms with van der Waals surface area (Å²) < 4.78 is 6.84. The van der Waals surface area contributed by atoms with Crippen LogP contribution in [-0.2, 0) is 16.1 Å². The van der Waals surface area contributed by atoms with Crippen molar-refractivity contribution in [2.24, 2.45) is 0 Å². The molecule has 0 fully saturated rings. The van der Waals surface area contributed by atoms with Crippen molar-refractivity contribution >= 4 is 50.9 Å². The quantitative estimate of drug-likeness (QED) is 0.404. The summed E-state index contributed by atoms with van der Waals surface area (Å²) in [5.41, 5.74) is 2.38. The molecule has 0 aromatic heterocycles. The molecular weight excluding hydrogens is 527 g/mol. The Bertz CT molecular complexity index is 998. The highest BCUT2D eigenvalue weighted by atomic mass is 79.9. The normalized spacial score (nSPS) is 12.3. The Hall–Kier alpha value is -1.76. The number of hydrogen-bond donors (Lipinski definition) is 1. The molecule has 0 bridgehead atoms. The zero-order chi connectivity index (χ0) is 24.9. The highest BCUT2D eigenvalue weighted by molar-refractivity contribution is 9.10. The van der Waals surface area contributed by atoms with Crippen molar-refractivity contribution < 1.29 is 14.3 Å². The van der Waals surface area contributed by atoms with Crippen LogP contribution in [0.5, 0.6) is 5.75 Å². The molecule has 0 aliphatic rings. The molecule has 2 rings (SSSR count). The molecule has 1 atom stereocenters. The van der Waals surface area contributed by atoms with Crippen molar-refractivity contribution in [1.29, 1.82) is 0 Å². The van der Waals surface area contributed by atoms with Crippen LogP contribution in [0.2, 0.25) is 10.0 Å². The number of benzene rings is 2. The summed E-state index contributed by atoms with van der Waals surface area (Å²) in [5.74, 6) is 0.0900. The van der Waals surface area contributed by atoms with Gasteiger partial charge in [-0.2, -0.15) is 0 Å². The monoisotopic (exact) mass is 556 g/mol. The van der Waals surface area contributed by atoms with E-state index in [1.807, 2.05) is 53.7 Å². The van der Waals surface area contributed by atoms with Gasteiger partial charge in [-0.25, -0.2) is 0 Å². The van der Waals surface area contributed by atoms with E-state index in [2.05, 4.69) is 21.2 Å². The molecule has 180 valence electrons.